The van der Waals surface area contributed by atoms with Crippen LogP contribution in [0.2, 0.25) is 0 Å². The van der Waals surface area contributed by atoms with Crippen LogP contribution >= 0.6 is 0 Å². The maximum Gasteiger partial charge on any atom is 0.266 e. The van der Waals surface area contributed by atoms with Gasteiger partial charge >= 0.3 is 0 Å². The van der Waals surface area contributed by atoms with E-state index in [0.717, 1.165) is 59.9 Å². The molecule has 5 aromatic rings. The topological polar surface area (TPSA) is 127 Å². The summed E-state index contributed by atoms with van der Waals surface area (Å²) in [6, 6.07) is 30.5. The van der Waals surface area contributed by atoms with E-state index in [2.05, 4.69) is 0 Å². The number of carbonyl (C=O) groups is 4. The molecule has 2 heterocycles. The van der Waals surface area contributed by atoms with Crippen molar-refractivity contribution in [1.82, 2.24) is 0 Å². The van der Waals surface area contributed by atoms with E-state index in [-0.39, 0.29) is 11.8 Å². The van der Waals surface area contributed by atoms with Crippen molar-refractivity contribution in [2.75, 3.05) is 21.3 Å². The Morgan fingerprint density at radius 1 is 0.458 bits per heavy atom. The van der Waals surface area contributed by atoms with Gasteiger partial charge in [0, 0.05) is 11.4 Å². The normalized spacial score (nSPS) is 16.1. The van der Waals surface area contributed by atoms with E-state index in [1.807, 2.05) is 42.5 Å². The molecule has 8 heteroatoms. The highest BCUT2D eigenvalue weighted by Gasteiger charge is 2.41. The molecule has 0 saturated heterocycles. The Hall–Kier alpha value is -6.02. The number of nitrogen functional groups attached to an aromatic ring is 2. The largest absolute Gasteiger partial charge is 0.399 e. The van der Waals surface area contributed by atoms with Crippen molar-refractivity contribution in [3.05, 3.63) is 131 Å². The number of rotatable bonds is 5. The van der Waals surface area contributed by atoms with Gasteiger partial charge in [0.05, 0.1) is 33.6 Å². The minimum Gasteiger partial charge on any atom is -0.399 e. The lowest BCUT2D eigenvalue weighted by atomic mass is 9.83. The maximum atomic E-state index is 14.0. The number of imide groups is 2. The zero-order chi connectivity index (χ0) is 33.1. The Bertz CT molecular complexity index is 2170. The number of nitrogens with zero attached hydrogens (tertiary/aromatic N) is 2. The third kappa shape index (κ3) is 4.76. The summed E-state index contributed by atoms with van der Waals surface area (Å²) in [5, 5.41) is 0. The zero-order valence-electron chi connectivity index (χ0n) is 26.1. The van der Waals surface area contributed by atoms with Gasteiger partial charge in [-0.25, -0.2) is 9.80 Å². The van der Waals surface area contributed by atoms with E-state index in [1.54, 1.807) is 60.7 Å². The SMILES string of the molecule is Nc1ccc(-c2ccc3c(c2)C(=O)N(c2ccc(N4C(=O)c5ccc(-c6ccc(N)cc6)cc5C4=O)c(C4CCCCC4)c2)C3=O)cc1. The summed E-state index contributed by atoms with van der Waals surface area (Å²) in [6.45, 7) is 0. The summed E-state index contributed by atoms with van der Waals surface area (Å²) in [5.41, 5.74) is 19.4. The second-order valence-corrected chi connectivity index (χ2v) is 12.7. The van der Waals surface area contributed by atoms with E-state index >= 15 is 0 Å². The van der Waals surface area contributed by atoms with Crippen LogP contribution in [0.25, 0.3) is 22.3 Å². The number of anilines is 4. The smallest absolute Gasteiger partial charge is 0.266 e. The molecule has 1 fully saturated rings. The van der Waals surface area contributed by atoms with Crippen molar-refractivity contribution in [2.24, 2.45) is 0 Å². The van der Waals surface area contributed by atoms with Gasteiger partial charge in [-0.3, -0.25) is 19.2 Å². The fraction of sp³-hybridized carbons (Fsp3) is 0.150. The zero-order valence-corrected chi connectivity index (χ0v) is 26.1. The summed E-state index contributed by atoms with van der Waals surface area (Å²) in [6.07, 6.45) is 4.91. The predicted octanol–water partition coefficient (Wildman–Crippen LogP) is 7.83. The molecule has 0 bridgehead atoms. The first-order valence-electron chi connectivity index (χ1n) is 16.2. The summed E-state index contributed by atoms with van der Waals surface area (Å²) in [7, 11) is 0. The molecule has 0 spiro atoms. The number of carbonyl (C=O) groups excluding carboxylic acids is 4. The monoisotopic (exact) mass is 632 g/mol. The molecule has 2 aliphatic heterocycles. The average molecular weight is 633 g/mol. The molecule has 5 aromatic carbocycles. The summed E-state index contributed by atoms with van der Waals surface area (Å²) < 4.78 is 0. The molecular formula is C40H32N4O4. The van der Waals surface area contributed by atoms with Crippen molar-refractivity contribution in [3.63, 3.8) is 0 Å². The van der Waals surface area contributed by atoms with Crippen LogP contribution in [0.1, 0.15) is 85.0 Å². The number of hydrogen-bond donors (Lipinski definition) is 2. The van der Waals surface area contributed by atoms with Crippen LogP contribution in [-0.4, -0.2) is 23.6 Å². The lowest BCUT2D eigenvalue weighted by molar-refractivity contribution is 0.0909. The first-order chi connectivity index (χ1) is 23.3. The van der Waals surface area contributed by atoms with Gasteiger partial charge in [-0.1, -0.05) is 55.7 Å². The van der Waals surface area contributed by atoms with Crippen molar-refractivity contribution >= 4 is 46.4 Å². The second kappa shape index (κ2) is 11.3. The van der Waals surface area contributed by atoms with Gasteiger partial charge < -0.3 is 11.5 Å². The van der Waals surface area contributed by atoms with Crippen molar-refractivity contribution < 1.29 is 19.2 Å². The third-order valence-corrected chi connectivity index (χ3v) is 9.82. The fourth-order valence-corrected chi connectivity index (χ4v) is 7.27. The lowest BCUT2D eigenvalue weighted by Gasteiger charge is -2.28. The number of benzene rings is 5. The van der Waals surface area contributed by atoms with Gasteiger partial charge in [0.1, 0.15) is 0 Å². The summed E-state index contributed by atoms with van der Waals surface area (Å²) >= 11 is 0. The highest BCUT2D eigenvalue weighted by atomic mass is 16.2. The van der Waals surface area contributed by atoms with Gasteiger partial charge in [-0.2, -0.15) is 0 Å². The first kappa shape index (κ1) is 29.4. The van der Waals surface area contributed by atoms with Gasteiger partial charge in [-0.05, 0) is 113 Å². The predicted molar refractivity (Wildman–Crippen MR) is 187 cm³/mol. The molecule has 8 nitrogen and oxygen atoms in total. The average Bonchev–Trinajstić information content (AvgIpc) is 3.52. The molecule has 0 atom stereocenters. The van der Waals surface area contributed by atoms with Crippen LogP contribution in [0.5, 0.6) is 0 Å². The molecule has 48 heavy (non-hydrogen) atoms. The van der Waals surface area contributed by atoms with Crippen LogP contribution < -0.4 is 21.3 Å². The van der Waals surface area contributed by atoms with Crippen molar-refractivity contribution in [3.8, 4) is 22.3 Å². The van der Waals surface area contributed by atoms with E-state index in [1.165, 1.54) is 9.80 Å². The van der Waals surface area contributed by atoms with Gasteiger partial charge in [0.25, 0.3) is 23.6 Å². The third-order valence-electron chi connectivity index (χ3n) is 9.82. The quantitative estimate of drug-likeness (QED) is 0.150. The van der Waals surface area contributed by atoms with Crippen molar-refractivity contribution in [1.29, 1.82) is 0 Å². The Balaban J connectivity index is 1.16. The summed E-state index contributed by atoms with van der Waals surface area (Å²) in [5.74, 6) is -1.54. The minimum absolute atomic E-state index is 0.0654. The first-order valence-corrected chi connectivity index (χ1v) is 16.2. The van der Waals surface area contributed by atoms with E-state index < -0.39 is 17.7 Å². The Morgan fingerprint density at radius 3 is 1.46 bits per heavy atom. The van der Waals surface area contributed by atoms with Crippen LogP contribution in [0.3, 0.4) is 0 Å². The molecule has 4 amide bonds. The highest BCUT2D eigenvalue weighted by Crippen LogP contribution is 2.43. The molecule has 4 N–H and O–H groups in total. The maximum absolute atomic E-state index is 14.0. The molecule has 0 aromatic heterocycles. The minimum atomic E-state index is -0.412. The second-order valence-electron chi connectivity index (χ2n) is 12.7. The molecule has 0 unspecified atom stereocenters. The van der Waals surface area contributed by atoms with Crippen LogP contribution in [0, 0.1) is 0 Å². The molecule has 236 valence electrons. The lowest BCUT2D eigenvalue weighted by Crippen LogP contribution is -2.32. The highest BCUT2D eigenvalue weighted by molar-refractivity contribution is 6.36. The number of amides is 4. The van der Waals surface area contributed by atoms with Gasteiger partial charge in [0.15, 0.2) is 0 Å². The van der Waals surface area contributed by atoms with Gasteiger partial charge in [0.2, 0.25) is 0 Å². The van der Waals surface area contributed by atoms with Crippen LogP contribution in [-0.2, 0) is 0 Å². The van der Waals surface area contributed by atoms with E-state index in [9.17, 15) is 19.2 Å². The Kier molecular flexibility index (Phi) is 6.95. The van der Waals surface area contributed by atoms with E-state index in [0.29, 0.717) is 45.0 Å². The molecule has 1 saturated carbocycles. The molecular weight excluding hydrogens is 600 g/mol. The van der Waals surface area contributed by atoms with Gasteiger partial charge in [-0.15, -0.1) is 0 Å². The fourth-order valence-electron chi connectivity index (χ4n) is 7.27. The number of fused-ring (bicyclic) bond motifs is 2. The molecule has 3 aliphatic rings. The van der Waals surface area contributed by atoms with E-state index in [4.69, 9.17) is 11.5 Å². The molecule has 1 aliphatic carbocycles. The Morgan fingerprint density at radius 2 is 0.917 bits per heavy atom. The standard InChI is InChI=1S/C40H32N4O4/c41-28-12-6-23(7-13-28)26-10-17-31-34(20-26)39(47)43(37(31)45)30-16-19-36(33(22-30)25-4-2-1-3-5-25)44-38(46)32-18-11-27(21-35(32)40(44)48)24-8-14-29(42)15-9-24/h6-22,25H,1-5,41-42H2. The van der Waals surface area contributed by atoms with Crippen LogP contribution in [0.4, 0.5) is 22.7 Å². The molecule has 8 rings (SSSR count). The number of hydrogen-bond acceptors (Lipinski definition) is 6. The number of nitrogens with two attached hydrogens (primary N) is 2. The Labute approximate surface area is 277 Å². The van der Waals surface area contributed by atoms with Crippen LogP contribution in [0.15, 0.2) is 103 Å². The summed E-state index contributed by atoms with van der Waals surface area (Å²) in [4.78, 5) is 57.9. The molecule has 0 radical (unpaired) electrons. The van der Waals surface area contributed by atoms with Crippen molar-refractivity contribution in [2.45, 2.75) is 38.0 Å².